The van der Waals surface area contributed by atoms with E-state index in [0.29, 0.717) is 6.54 Å². The molecule has 3 N–H and O–H groups in total. The summed E-state index contributed by atoms with van der Waals surface area (Å²) in [7, 11) is 0. The highest BCUT2D eigenvalue weighted by atomic mass is 32.2. The van der Waals surface area contributed by atoms with Crippen molar-refractivity contribution in [3.63, 3.8) is 0 Å². The molecule has 0 heterocycles. The van der Waals surface area contributed by atoms with E-state index in [1.165, 1.54) is 18.9 Å². The Morgan fingerprint density at radius 2 is 2.44 bits per heavy atom. The minimum atomic E-state index is -0.00276. The van der Waals surface area contributed by atoms with Crippen LogP contribution in [0.3, 0.4) is 0 Å². The third-order valence-corrected chi connectivity index (χ3v) is 1.59. The van der Waals surface area contributed by atoms with E-state index in [2.05, 4.69) is 4.72 Å². The third kappa shape index (κ3) is 7.78. The summed E-state index contributed by atoms with van der Waals surface area (Å²) in [5.41, 5.74) is 5.22. The number of amides is 1. The van der Waals surface area contributed by atoms with Crippen molar-refractivity contribution in [2.45, 2.75) is 13.3 Å². The molecule has 0 aliphatic carbocycles. The number of carbonyl (C=O) groups excluding carboxylic acids is 1. The van der Waals surface area contributed by atoms with Gasteiger partial charge in [0.2, 0.25) is 5.91 Å². The summed E-state index contributed by atoms with van der Waals surface area (Å²) in [6, 6.07) is 0. The van der Waals surface area contributed by atoms with Crippen molar-refractivity contribution in [3.05, 3.63) is 0 Å². The Morgan fingerprint density at radius 3 is 2.89 bits per heavy atom. The van der Waals surface area contributed by atoms with E-state index < -0.39 is 0 Å². The number of hydrogen-bond donors (Lipinski definition) is 2. The SMILES string of the molecule is CC(=O)NSCCCN. The van der Waals surface area contributed by atoms with Crippen molar-refractivity contribution in [1.82, 2.24) is 4.72 Å². The first kappa shape index (κ1) is 8.78. The summed E-state index contributed by atoms with van der Waals surface area (Å²) in [5.74, 6) is 0.896. The maximum atomic E-state index is 10.2. The Balaban J connectivity index is 2.83. The number of nitrogens with two attached hydrogens (primary N) is 1. The summed E-state index contributed by atoms with van der Waals surface area (Å²) in [6.45, 7) is 2.18. The second-order valence-electron chi connectivity index (χ2n) is 1.65. The zero-order chi connectivity index (χ0) is 7.11. The van der Waals surface area contributed by atoms with Crippen LogP contribution in [-0.2, 0) is 4.79 Å². The Bertz CT molecular complexity index is 87.0. The van der Waals surface area contributed by atoms with Crippen LogP contribution < -0.4 is 10.5 Å². The number of hydrogen-bond acceptors (Lipinski definition) is 3. The highest BCUT2D eigenvalue weighted by Gasteiger charge is 1.88. The average Bonchev–Trinajstić information content (AvgIpc) is 1.80. The van der Waals surface area contributed by atoms with E-state index in [4.69, 9.17) is 5.73 Å². The summed E-state index contributed by atoms with van der Waals surface area (Å²) >= 11 is 1.41. The first-order chi connectivity index (χ1) is 4.27. The molecule has 0 aliphatic rings. The van der Waals surface area contributed by atoms with Gasteiger partial charge in [-0.3, -0.25) is 4.79 Å². The number of nitrogens with one attached hydrogen (secondary N) is 1. The fraction of sp³-hybridized carbons (Fsp3) is 0.800. The van der Waals surface area contributed by atoms with Crippen molar-refractivity contribution < 1.29 is 4.79 Å². The maximum Gasteiger partial charge on any atom is 0.226 e. The molecule has 0 spiro atoms. The van der Waals surface area contributed by atoms with E-state index >= 15 is 0 Å². The third-order valence-electron chi connectivity index (χ3n) is 0.666. The van der Waals surface area contributed by atoms with Crippen LogP contribution in [0.2, 0.25) is 0 Å². The van der Waals surface area contributed by atoms with Crippen LogP contribution in [0.1, 0.15) is 13.3 Å². The van der Waals surface area contributed by atoms with Crippen molar-refractivity contribution in [2.75, 3.05) is 12.3 Å². The topological polar surface area (TPSA) is 55.1 Å². The molecule has 9 heavy (non-hydrogen) atoms. The molecule has 54 valence electrons. The fourth-order valence-corrected chi connectivity index (χ4v) is 0.924. The van der Waals surface area contributed by atoms with E-state index in [0.717, 1.165) is 12.2 Å². The van der Waals surface area contributed by atoms with Gasteiger partial charge in [-0.2, -0.15) is 0 Å². The molecule has 0 rings (SSSR count). The lowest BCUT2D eigenvalue weighted by molar-refractivity contribution is -0.117. The molecule has 0 unspecified atom stereocenters. The maximum absolute atomic E-state index is 10.2. The van der Waals surface area contributed by atoms with Gasteiger partial charge in [0.1, 0.15) is 0 Å². The molecule has 0 saturated heterocycles. The molecule has 0 atom stereocenters. The molecular formula is C5H12N2OS. The summed E-state index contributed by atoms with van der Waals surface area (Å²) in [6.07, 6.45) is 0.949. The van der Waals surface area contributed by atoms with Crippen LogP contribution in [0.15, 0.2) is 0 Å². The number of rotatable bonds is 4. The lowest BCUT2D eigenvalue weighted by Crippen LogP contribution is -2.12. The largest absolute Gasteiger partial charge is 0.330 e. The monoisotopic (exact) mass is 148 g/mol. The van der Waals surface area contributed by atoms with Crippen molar-refractivity contribution in [2.24, 2.45) is 5.73 Å². The molecular weight excluding hydrogens is 136 g/mol. The van der Waals surface area contributed by atoms with E-state index in [1.54, 1.807) is 0 Å². The van der Waals surface area contributed by atoms with Gasteiger partial charge >= 0.3 is 0 Å². The van der Waals surface area contributed by atoms with Gasteiger partial charge < -0.3 is 10.5 Å². The van der Waals surface area contributed by atoms with Gasteiger partial charge in [0, 0.05) is 12.7 Å². The lowest BCUT2D eigenvalue weighted by Gasteiger charge is -1.97. The van der Waals surface area contributed by atoms with E-state index in [1.807, 2.05) is 0 Å². The molecule has 4 heteroatoms. The summed E-state index contributed by atoms with van der Waals surface area (Å²) < 4.78 is 2.60. The molecule has 0 aromatic heterocycles. The van der Waals surface area contributed by atoms with Crippen LogP contribution in [0, 0.1) is 0 Å². The Morgan fingerprint density at radius 1 is 1.78 bits per heavy atom. The van der Waals surface area contributed by atoms with Gasteiger partial charge in [-0.05, 0) is 13.0 Å². The second-order valence-corrected chi connectivity index (χ2v) is 2.55. The number of carbonyl (C=O) groups is 1. The molecule has 0 aromatic carbocycles. The molecule has 3 nitrogen and oxygen atoms in total. The van der Waals surface area contributed by atoms with Crippen LogP contribution in [-0.4, -0.2) is 18.2 Å². The van der Waals surface area contributed by atoms with E-state index in [-0.39, 0.29) is 5.91 Å². The van der Waals surface area contributed by atoms with Crippen LogP contribution in [0.5, 0.6) is 0 Å². The first-order valence-corrected chi connectivity index (χ1v) is 3.84. The standard InChI is InChI=1S/C5H12N2OS/c1-5(8)7-9-4-2-3-6/h2-4,6H2,1H3,(H,7,8). The van der Waals surface area contributed by atoms with Gasteiger partial charge in [-0.1, -0.05) is 11.9 Å². The lowest BCUT2D eigenvalue weighted by atomic mass is 10.5. The Labute approximate surface area is 59.5 Å². The molecule has 0 saturated carbocycles. The minimum Gasteiger partial charge on any atom is -0.330 e. The quantitative estimate of drug-likeness (QED) is 0.440. The normalized spacial score (nSPS) is 9.11. The smallest absolute Gasteiger partial charge is 0.226 e. The van der Waals surface area contributed by atoms with Crippen molar-refractivity contribution in [1.29, 1.82) is 0 Å². The highest BCUT2D eigenvalue weighted by molar-refractivity contribution is 7.97. The van der Waals surface area contributed by atoms with Crippen molar-refractivity contribution in [3.8, 4) is 0 Å². The Kier molecular flexibility index (Phi) is 5.76. The van der Waals surface area contributed by atoms with Crippen molar-refractivity contribution >= 4 is 17.9 Å². The predicted octanol–water partition coefficient (Wildman–Crippen LogP) is 0.120. The van der Waals surface area contributed by atoms with Crippen LogP contribution in [0.4, 0.5) is 0 Å². The molecule has 0 bridgehead atoms. The molecule has 0 radical (unpaired) electrons. The molecule has 0 fully saturated rings. The zero-order valence-electron chi connectivity index (χ0n) is 5.52. The van der Waals surface area contributed by atoms with Gasteiger partial charge in [0.15, 0.2) is 0 Å². The minimum absolute atomic E-state index is 0.00276. The van der Waals surface area contributed by atoms with Gasteiger partial charge in [0.25, 0.3) is 0 Å². The fourth-order valence-electron chi connectivity index (χ4n) is 0.308. The molecule has 1 amide bonds. The van der Waals surface area contributed by atoms with Crippen LogP contribution in [0.25, 0.3) is 0 Å². The zero-order valence-corrected chi connectivity index (χ0v) is 6.33. The van der Waals surface area contributed by atoms with Crippen LogP contribution >= 0.6 is 11.9 Å². The van der Waals surface area contributed by atoms with Gasteiger partial charge in [-0.15, -0.1) is 0 Å². The van der Waals surface area contributed by atoms with E-state index in [9.17, 15) is 4.79 Å². The molecule has 0 aromatic rings. The first-order valence-electron chi connectivity index (χ1n) is 2.86. The second kappa shape index (κ2) is 5.91. The predicted molar refractivity (Wildman–Crippen MR) is 39.9 cm³/mol. The highest BCUT2D eigenvalue weighted by Crippen LogP contribution is 1.93. The van der Waals surface area contributed by atoms with Gasteiger partial charge in [-0.25, -0.2) is 0 Å². The molecule has 0 aliphatic heterocycles. The Hall–Kier alpha value is -0.220. The summed E-state index contributed by atoms with van der Waals surface area (Å²) in [5, 5.41) is 0. The average molecular weight is 148 g/mol. The van der Waals surface area contributed by atoms with Gasteiger partial charge in [0.05, 0.1) is 0 Å². The summed E-state index contributed by atoms with van der Waals surface area (Å²) in [4.78, 5) is 10.2.